The van der Waals surface area contributed by atoms with E-state index >= 15 is 0 Å². The van der Waals surface area contributed by atoms with Gasteiger partial charge < -0.3 is 10.6 Å². The van der Waals surface area contributed by atoms with Crippen LogP contribution < -0.4 is 10.6 Å². The average molecular weight is 494 g/mol. The number of pyridine rings is 1. The lowest BCUT2D eigenvalue weighted by Crippen LogP contribution is -2.44. The van der Waals surface area contributed by atoms with Crippen LogP contribution >= 0.6 is 0 Å². The van der Waals surface area contributed by atoms with E-state index in [0.717, 1.165) is 34.0 Å². The number of alkyl halides is 3. The number of carbonyl (C=O) groups is 1. The molecule has 2 atom stereocenters. The summed E-state index contributed by atoms with van der Waals surface area (Å²) in [5.74, 6) is -0.679. The molecule has 1 aromatic heterocycles. The molecular weight excluding hydrogens is 470 g/mol. The van der Waals surface area contributed by atoms with E-state index in [4.69, 9.17) is 0 Å². The molecule has 0 spiro atoms. The Morgan fingerprint density at radius 3 is 2.69 bits per heavy atom. The lowest BCUT2D eigenvalue weighted by molar-refractivity contribution is -0.137. The van der Waals surface area contributed by atoms with Gasteiger partial charge >= 0.3 is 12.2 Å². The maximum atomic E-state index is 13.9. The van der Waals surface area contributed by atoms with Crippen molar-refractivity contribution in [1.82, 2.24) is 10.3 Å². The zero-order valence-corrected chi connectivity index (χ0v) is 19.1. The molecule has 8 heteroatoms. The molecule has 0 aliphatic heterocycles. The molecule has 1 heterocycles. The number of anilines is 1. The molecule has 36 heavy (non-hydrogen) atoms. The van der Waals surface area contributed by atoms with Crippen LogP contribution in [-0.4, -0.2) is 17.1 Å². The summed E-state index contributed by atoms with van der Waals surface area (Å²) in [5, 5.41) is 7.63. The fourth-order valence-corrected chi connectivity index (χ4v) is 4.99. The van der Waals surface area contributed by atoms with Crippen molar-refractivity contribution >= 4 is 22.5 Å². The number of hydrogen-bond acceptors (Lipinski definition) is 2. The SMILES string of the molecule is O=C(Nc1cccc2cnccc12)N[C@H]1CCc2cc(F)ccc2[C@H]1Cc1cccc(C(F)(F)F)c1. The van der Waals surface area contributed by atoms with Gasteiger partial charge in [0.25, 0.3) is 0 Å². The molecule has 4 nitrogen and oxygen atoms in total. The number of hydrogen-bond donors (Lipinski definition) is 2. The predicted octanol–water partition coefficient (Wildman–Crippen LogP) is 6.86. The van der Waals surface area contributed by atoms with Crippen molar-refractivity contribution in [3.05, 3.63) is 107 Å². The highest BCUT2D eigenvalue weighted by Gasteiger charge is 2.33. The van der Waals surface area contributed by atoms with Crippen LogP contribution in [0.25, 0.3) is 10.8 Å². The van der Waals surface area contributed by atoms with E-state index in [1.807, 2.05) is 18.2 Å². The number of amides is 2. The Morgan fingerprint density at radius 2 is 1.86 bits per heavy atom. The van der Waals surface area contributed by atoms with Crippen LogP contribution in [0.5, 0.6) is 0 Å². The number of rotatable bonds is 4. The van der Waals surface area contributed by atoms with Crippen molar-refractivity contribution in [2.75, 3.05) is 5.32 Å². The fourth-order valence-electron chi connectivity index (χ4n) is 4.99. The molecule has 1 aliphatic rings. The molecule has 0 saturated heterocycles. The Labute approximate surface area is 205 Å². The Bertz CT molecular complexity index is 1410. The van der Waals surface area contributed by atoms with E-state index < -0.39 is 17.8 Å². The van der Waals surface area contributed by atoms with E-state index in [0.29, 0.717) is 24.1 Å². The lowest BCUT2D eigenvalue weighted by Gasteiger charge is -2.34. The highest BCUT2D eigenvalue weighted by Crippen LogP contribution is 2.36. The van der Waals surface area contributed by atoms with Gasteiger partial charge in [0.15, 0.2) is 0 Å². The number of urea groups is 1. The summed E-state index contributed by atoms with van der Waals surface area (Å²) >= 11 is 0. The van der Waals surface area contributed by atoms with Gasteiger partial charge in [0.1, 0.15) is 5.82 Å². The van der Waals surface area contributed by atoms with Gasteiger partial charge in [0.05, 0.1) is 11.3 Å². The minimum absolute atomic E-state index is 0.271. The van der Waals surface area contributed by atoms with Gasteiger partial charge in [0, 0.05) is 35.1 Å². The van der Waals surface area contributed by atoms with Crippen LogP contribution in [0.3, 0.4) is 0 Å². The quantitative estimate of drug-likeness (QED) is 0.305. The number of carbonyl (C=O) groups excluding carboxylic acids is 1. The summed E-state index contributed by atoms with van der Waals surface area (Å²) in [7, 11) is 0. The smallest absolute Gasteiger partial charge is 0.334 e. The molecule has 0 unspecified atom stereocenters. The van der Waals surface area contributed by atoms with Gasteiger partial charge in [-0.3, -0.25) is 4.98 Å². The molecule has 0 bridgehead atoms. The normalized spacial score (nSPS) is 17.4. The molecule has 0 fully saturated rings. The third-order valence-electron chi connectivity index (χ3n) is 6.67. The zero-order chi connectivity index (χ0) is 25.3. The lowest BCUT2D eigenvalue weighted by atomic mass is 9.76. The molecule has 4 aromatic rings. The van der Waals surface area contributed by atoms with E-state index in [9.17, 15) is 22.4 Å². The highest BCUT2D eigenvalue weighted by atomic mass is 19.4. The first-order valence-corrected chi connectivity index (χ1v) is 11.6. The molecule has 3 aromatic carbocycles. The Balaban J connectivity index is 1.41. The van der Waals surface area contributed by atoms with Crippen LogP contribution in [0, 0.1) is 5.82 Å². The summed E-state index contributed by atoms with van der Waals surface area (Å²) in [6.07, 6.45) is 0.265. The Kier molecular flexibility index (Phi) is 6.35. The van der Waals surface area contributed by atoms with Gasteiger partial charge in [-0.05, 0) is 66.3 Å². The summed E-state index contributed by atoms with van der Waals surface area (Å²) in [6.45, 7) is 0. The van der Waals surface area contributed by atoms with Crippen molar-refractivity contribution in [3.63, 3.8) is 0 Å². The van der Waals surface area contributed by atoms with Gasteiger partial charge in [0.2, 0.25) is 0 Å². The van der Waals surface area contributed by atoms with E-state index in [2.05, 4.69) is 15.6 Å². The van der Waals surface area contributed by atoms with Crippen molar-refractivity contribution < 1.29 is 22.4 Å². The van der Waals surface area contributed by atoms with E-state index in [1.165, 1.54) is 18.2 Å². The molecule has 5 rings (SSSR count). The third kappa shape index (κ3) is 5.03. The minimum Gasteiger partial charge on any atom is -0.334 e. The van der Waals surface area contributed by atoms with Crippen molar-refractivity contribution in [3.8, 4) is 0 Å². The zero-order valence-electron chi connectivity index (χ0n) is 19.1. The minimum atomic E-state index is -4.45. The Hall–Kier alpha value is -3.94. The second kappa shape index (κ2) is 9.60. The van der Waals surface area contributed by atoms with Gasteiger partial charge in [-0.1, -0.05) is 36.4 Å². The average Bonchev–Trinajstić information content (AvgIpc) is 2.85. The van der Waals surface area contributed by atoms with Crippen molar-refractivity contribution in [1.29, 1.82) is 0 Å². The van der Waals surface area contributed by atoms with Crippen LogP contribution in [0.2, 0.25) is 0 Å². The maximum Gasteiger partial charge on any atom is 0.416 e. The first-order chi connectivity index (χ1) is 17.3. The number of halogens is 4. The highest BCUT2D eigenvalue weighted by molar-refractivity contribution is 6.01. The number of aromatic nitrogens is 1. The molecule has 184 valence electrons. The summed E-state index contributed by atoms with van der Waals surface area (Å²) < 4.78 is 53.8. The number of nitrogens with one attached hydrogen (secondary N) is 2. The van der Waals surface area contributed by atoms with Crippen LogP contribution in [0.1, 0.15) is 34.6 Å². The van der Waals surface area contributed by atoms with Gasteiger partial charge in [-0.15, -0.1) is 0 Å². The number of fused-ring (bicyclic) bond motifs is 2. The van der Waals surface area contributed by atoms with Crippen LogP contribution in [0.15, 0.2) is 79.1 Å². The first kappa shape index (κ1) is 23.8. The summed E-state index contributed by atoms with van der Waals surface area (Å²) in [4.78, 5) is 17.1. The topological polar surface area (TPSA) is 54.0 Å². The number of nitrogens with zero attached hydrogens (tertiary/aromatic N) is 1. The largest absolute Gasteiger partial charge is 0.416 e. The van der Waals surface area contributed by atoms with Gasteiger partial charge in [-0.2, -0.15) is 13.2 Å². The first-order valence-electron chi connectivity index (χ1n) is 11.6. The summed E-state index contributed by atoms with van der Waals surface area (Å²) in [5.41, 5.74) is 2.05. The van der Waals surface area contributed by atoms with E-state index in [-0.39, 0.29) is 24.2 Å². The molecule has 2 N–H and O–H groups in total. The van der Waals surface area contributed by atoms with Crippen molar-refractivity contribution in [2.24, 2.45) is 0 Å². The third-order valence-corrected chi connectivity index (χ3v) is 6.67. The van der Waals surface area contributed by atoms with Gasteiger partial charge in [-0.25, -0.2) is 9.18 Å². The fraction of sp³-hybridized carbons (Fsp3) is 0.214. The Morgan fingerprint density at radius 1 is 1.03 bits per heavy atom. The molecule has 2 amide bonds. The summed E-state index contributed by atoms with van der Waals surface area (Å²) in [6, 6.07) is 16.3. The molecule has 0 saturated carbocycles. The molecule has 0 radical (unpaired) electrons. The second-order valence-electron chi connectivity index (χ2n) is 9.00. The van der Waals surface area contributed by atoms with Crippen LogP contribution in [0.4, 0.5) is 28.0 Å². The predicted molar refractivity (Wildman–Crippen MR) is 130 cm³/mol. The van der Waals surface area contributed by atoms with E-state index in [1.54, 1.807) is 30.6 Å². The monoisotopic (exact) mass is 493 g/mol. The molecular formula is C28H23F4N3O. The van der Waals surface area contributed by atoms with Crippen LogP contribution in [-0.2, 0) is 19.0 Å². The maximum absolute atomic E-state index is 13.9. The number of benzene rings is 3. The number of aryl methyl sites for hydroxylation is 1. The standard InChI is InChI=1S/C28H23F4N3O/c29-21-8-9-22-18(15-21)7-10-26(24(22)14-17-3-1-5-20(13-17)28(30,31)32)35-27(36)34-25-6-2-4-19-16-33-12-11-23(19)25/h1-6,8-9,11-13,15-16,24,26H,7,10,14H2,(H2,34,35,36)/t24-,26+/m1/s1. The molecule has 1 aliphatic carbocycles. The van der Waals surface area contributed by atoms with Crippen molar-refractivity contribution in [2.45, 2.75) is 37.4 Å². The second-order valence-corrected chi connectivity index (χ2v) is 9.00.